The van der Waals surface area contributed by atoms with Gasteiger partial charge in [0.2, 0.25) is 5.78 Å². The van der Waals surface area contributed by atoms with Gasteiger partial charge in [-0.15, -0.1) is 0 Å². The first-order chi connectivity index (χ1) is 13.9. The van der Waals surface area contributed by atoms with E-state index in [0.717, 1.165) is 0 Å². The number of halogens is 1. The van der Waals surface area contributed by atoms with E-state index in [1.807, 2.05) is 6.92 Å². The van der Waals surface area contributed by atoms with E-state index in [-0.39, 0.29) is 42.8 Å². The van der Waals surface area contributed by atoms with E-state index in [0.29, 0.717) is 24.8 Å². The van der Waals surface area contributed by atoms with Crippen LogP contribution >= 0.6 is 0 Å². The van der Waals surface area contributed by atoms with Crippen LogP contribution in [0.15, 0.2) is 11.6 Å². The lowest BCUT2D eigenvalue weighted by Crippen LogP contribution is -2.63. The number of hydrogen-bond acceptors (Lipinski definition) is 6. The Bertz CT molecular complexity index is 823. The molecule has 0 aromatic carbocycles. The summed E-state index contributed by atoms with van der Waals surface area (Å²) in [5.74, 6) is -1.76. The molecule has 4 aliphatic rings. The highest BCUT2D eigenvalue weighted by molar-refractivity contribution is 5.92. The average Bonchev–Trinajstić information content (AvgIpc) is 2.93. The van der Waals surface area contributed by atoms with E-state index in [2.05, 4.69) is 0 Å². The number of carbonyl (C=O) groups is 3. The Morgan fingerprint density at radius 1 is 1.30 bits per heavy atom. The third kappa shape index (κ3) is 2.84. The molecule has 6 nitrogen and oxygen atoms in total. The summed E-state index contributed by atoms with van der Waals surface area (Å²) in [6.07, 6.45) is 1.37. The Morgan fingerprint density at radius 3 is 2.67 bits per heavy atom. The zero-order chi connectivity index (χ0) is 22.1. The van der Waals surface area contributed by atoms with E-state index in [1.54, 1.807) is 6.92 Å². The van der Waals surface area contributed by atoms with Crippen LogP contribution in [0.3, 0.4) is 0 Å². The third-order valence-electron chi connectivity index (χ3n) is 8.89. The van der Waals surface area contributed by atoms with Crippen molar-refractivity contribution in [1.82, 2.24) is 0 Å². The van der Waals surface area contributed by atoms with Crippen molar-refractivity contribution in [3.8, 4) is 0 Å². The molecule has 30 heavy (non-hydrogen) atoms. The van der Waals surface area contributed by atoms with E-state index < -0.39 is 47.1 Å². The Morgan fingerprint density at radius 2 is 2.00 bits per heavy atom. The van der Waals surface area contributed by atoms with Crippen LogP contribution < -0.4 is 0 Å². The van der Waals surface area contributed by atoms with Gasteiger partial charge in [0.1, 0.15) is 11.8 Å². The van der Waals surface area contributed by atoms with Gasteiger partial charge in [-0.3, -0.25) is 14.4 Å². The average molecular weight is 422 g/mol. The fourth-order valence-corrected chi connectivity index (χ4v) is 7.44. The molecule has 4 rings (SSSR count). The summed E-state index contributed by atoms with van der Waals surface area (Å²) in [5.41, 5.74) is -2.74. The van der Waals surface area contributed by atoms with Crippen LogP contribution in [-0.4, -0.2) is 52.2 Å². The third-order valence-corrected chi connectivity index (χ3v) is 8.89. The van der Waals surface area contributed by atoms with Gasteiger partial charge in [-0.2, -0.15) is 0 Å². The molecule has 0 unspecified atom stereocenters. The number of aliphatic hydroxyl groups is 2. The Labute approximate surface area is 175 Å². The predicted octanol–water partition coefficient (Wildman–Crippen LogP) is 2.30. The van der Waals surface area contributed by atoms with Gasteiger partial charge in [-0.1, -0.05) is 13.8 Å². The molecule has 3 fully saturated rings. The number of fused-ring (bicyclic) bond motifs is 5. The van der Waals surface area contributed by atoms with Crippen molar-refractivity contribution < 1.29 is 33.7 Å². The topological polar surface area (TPSA) is 101 Å². The summed E-state index contributed by atoms with van der Waals surface area (Å²) >= 11 is 0. The molecule has 0 saturated heterocycles. The van der Waals surface area contributed by atoms with Crippen LogP contribution in [0, 0.1) is 28.6 Å². The number of alkyl halides is 1. The monoisotopic (exact) mass is 422 g/mol. The Hall–Kier alpha value is -1.60. The van der Waals surface area contributed by atoms with Crippen molar-refractivity contribution in [1.29, 1.82) is 0 Å². The van der Waals surface area contributed by atoms with Crippen LogP contribution in [0.5, 0.6) is 0 Å². The van der Waals surface area contributed by atoms with Crippen molar-refractivity contribution in [3.63, 3.8) is 0 Å². The Balaban J connectivity index is 1.69. The molecule has 4 aliphatic carbocycles. The number of rotatable bonds is 3. The highest BCUT2D eigenvalue weighted by Gasteiger charge is 2.69. The fourth-order valence-electron chi connectivity index (χ4n) is 7.44. The molecule has 0 radical (unpaired) electrons. The summed E-state index contributed by atoms with van der Waals surface area (Å²) in [7, 11) is 0. The lowest BCUT2D eigenvalue weighted by Gasteiger charge is -2.61. The second-order valence-corrected chi connectivity index (χ2v) is 10.3. The number of allylic oxidation sites excluding steroid dienone is 1. The van der Waals surface area contributed by atoms with Crippen LogP contribution in [-0.2, 0) is 19.1 Å². The molecule has 0 bridgehead atoms. The van der Waals surface area contributed by atoms with Crippen molar-refractivity contribution in [2.45, 2.75) is 77.2 Å². The molecule has 0 heterocycles. The van der Waals surface area contributed by atoms with Crippen LogP contribution in [0.4, 0.5) is 4.39 Å². The van der Waals surface area contributed by atoms with Gasteiger partial charge in [0, 0.05) is 18.8 Å². The van der Waals surface area contributed by atoms with Gasteiger partial charge in [0.05, 0.1) is 6.10 Å². The number of hydrogen-bond donors (Lipinski definition) is 2. The summed E-state index contributed by atoms with van der Waals surface area (Å²) in [4.78, 5) is 35.9. The van der Waals surface area contributed by atoms with Crippen molar-refractivity contribution in [2.24, 2.45) is 28.6 Å². The number of aliphatic hydroxyl groups excluding tert-OH is 1. The summed E-state index contributed by atoms with van der Waals surface area (Å²) < 4.78 is 20.1. The molecule has 166 valence electrons. The quantitative estimate of drug-likeness (QED) is 0.677. The minimum absolute atomic E-state index is 0.0648. The smallest absolute Gasteiger partial charge is 0.303 e. The zero-order valence-electron chi connectivity index (χ0n) is 17.8. The second-order valence-electron chi connectivity index (χ2n) is 10.3. The summed E-state index contributed by atoms with van der Waals surface area (Å²) in [5, 5.41) is 22.7. The normalized spacial score (nSPS) is 47.6. The van der Waals surface area contributed by atoms with Gasteiger partial charge >= 0.3 is 5.97 Å². The standard InChI is InChI=1S/C23H31FO6/c1-12(25)30-11-19(28)23(29)7-5-15-14-9-17(24)16-8-13(26)4-6-21(16,2)20(14)18(27)10-22(15,23)3/h8,14-15,17-18,20,27,29H,4-7,9-11H2,1-3H3/t14-,15+,17-,18+,20-,21-,22-,23-/m0/s1. The molecule has 3 saturated carbocycles. The van der Waals surface area contributed by atoms with Crippen LogP contribution in [0.2, 0.25) is 0 Å². The first kappa shape index (κ1) is 21.6. The minimum atomic E-state index is -1.72. The highest BCUT2D eigenvalue weighted by Crippen LogP contribution is 2.67. The molecular weight excluding hydrogens is 391 g/mol. The number of Topliss-reactive ketones (excluding diaryl/α,β-unsaturated/α-hetero) is 1. The predicted molar refractivity (Wildman–Crippen MR) is 105 cm³/mol. The zero-order valence-corrected chi connectivity index (χ0v) is 17.8. The largest absolute Gasteiger partial charge is 0.458 e. The van der Waals surface area contributed by atoms with E-state index >= 15 is 4.39 Å². The maximum absolute atomic E-state index is 15.3. The number of ketones is 2. The Kier molecular flexibility index (Phi) is 5.01. The van der Waals surface area contributed by atoms with Crippen molar-refractivity contribution in [3.05, 3.63) is 11.6 Å². The molecular formula is C23H31FO6. The molecule has 0 amide bonds. The maximum atomic E-state index is 15.3. The lowest BCUT2D eigenvalue weighted by atomic mass is 9.45. The number of esters is 1. The van der Waals surface area contributed by atoms with Gasteiger partial charge < -0.3 is 14.9 Å². The first-order valence-electron chi connectivity index (χ1n) is 10.9. The molecule has 8 atom stereocenters. The van der Waals surface area contributed by atoms with Crippen LogP contribution in [0.25, 0.3) is 0 Å². The maximum Gasteiger partial charge on any atom is 0.303 e. The molecule has 7 heteroatoms. The highest BCUT2D eigenvalue weighted by atomic mass is 19.1. The minimum Gasteiger partial charge on any atom is -0.458 e. The van der Waals surface area contributed by atoms with Gasteiger partial charge in [-0.05, 0) is 66.9 Å². The van der Waals surface area contributed by atoms with E-state index in [9.17, 15) is 24.6 Å². The van der Waals surface area contributed by atoms with E-state index in [4.69, 9.17) is 4.74 Å². The SMILES string of the molecule is CC(=O)OCC(=O)[C@@]1(O)CC[C@@H]2[C@@H]3C[C@H](F)C4=CC(=O)CC[C@]4(C)[C@@H]3[C@H](O)C[C@@]21C. The number of carbonyl (C=O) groups excluding carboxylic acids is 3. The molecule has 0 spiro atoms. The summed E-state index contributed by atoms with van der Waals surface area (Å²) in [6.45, 7) is 4.46. The fraction of sp³-hybridized carbons (Fsp3) is 0.783. The molecule has 0 aliphatic heterocycles. The number of ether oxygens (including phenoxy) is 1. The molecule has 0 aromatic rings. The van der Waals surface area contributed by atoms with Gasteiger partial charge in [0.15, 0.2) is 12.4 Å². The van der Waals surface area contributed by atoms with Gasteiger partial charge in [-0.25, -0.2) is 4.39 Å². The molecule has 0 aromatic heterocycles. The van der Waals surface area contributed by atoms with Gasteiger partial charge in [0.25, 0.3) is 0 Å². The van der Waals surface area contributed by atoms with E-state index in [1.165, 1.54) is 13.0 Å². The van der Waals surface area contributed by atoms with Crippen molar-refractivity contribution >= 4 is 17.5 Å². The van der Waals surface area contributed by atoms with Crippen molar-refractivity contribution in [2.75, 3.05) is 6.61 Å². The van der Waals surface area contributed by atoms with Crippen LogP contribution in [0.1, 0.15) is 59.3 Å². The lowest BCUT2D eigenvalue weighted by molar-refractivity contribution is -0.186. The molecule has 2 N–H and O–H groups in total. The summed E-state index contributed by atoms with van der Waals surface area (Å²) in [6, 6.07) is 0. The first-order valence-corrected chi connectivity index (χ1v) is 10.9. The second kappa shape index (κ2) is 6.95.